The molecule has 0 fully saturated rings. The summed E-state index contributed by atoms with van der Waals surface area (Å²) in [5, 5.41) is 13.6. The predicted octanol–water partition coefficient (Wildman–Crippen LogP) is 4.65. The minimum Gasteiger partial charge on any atom is -0.495 e. The summed E-state index contributed by atoms with van der Waals surface area (Å²) in [6.45, 7) is 1.49. The first-order chi connectivity index (χ1) is 14.6. The third-order valence-electron chi connectivity index (χ3n) is 5.10. The monoisotopic (exact) mass is 397 g/mol. The number of ether oxygens (including phenoxy) is 1. The molecule has 2 heterocycles. The number of nitrogens with one attached hydrogen (secondary N) is 1. The maximum Gasteiger partial charge on any atom is 0.195 e. The molecule has 0 radical (unpaired) electrons. The molecule has 148 valence electrons. The summed E-state index contributed by atoms with van der Waals surface area (Å²) in [7, 11) is 1.53. The van der Waals surface area contributed by atoms with E-state index in [1.54, 1.807) is 42.7 Å². The minimum atomic E-state index is -1.35. The molecule has 0 aliphatic carbocycles. The van der Waals surface area contributed by atoms with E-state index in [2.05, 4.69) is 16.4 Å². The van der Waals surface area contributed by atoms with Gasteiger partial charge in [-0.2, -0.15) is 5.26 Å². The van der Waals surface area contributed by atoms with Gasteiger partial charge >= 0.3 is 0 Å². The van der Waals surface area contributed by atoms with Crippen molar-refractivity contribution in [2.45, 2.75) is 12.5 Å². The molecule has 0 aliphatic heterocycles. The normalized spacial score (nSPS) is 12.7. The van der Waals surface area contributed by atoms with Crippen molar-refractivity contribution in [3.8, 4) is 11.8 Å². The fourth-order valence-corrected chi connectivity index (χ4v) is 3.68. The number of carbonyl (C=O) groups is 1. The Bertz CT molecular complexity index is 1240. The van der Waals surface area contributed by atoms with Gasteiger partial charge in [-0.3, -0.25) is 9.78 Å². The number of aromatic nitrogens is 1. The van der Waals surface area contributed by atoms with Gasteiger partial charge < -0.3 is 14.5 Å². The number of furan rings is 1. The van der Waals surface area contributed by atoms with Gasteiger partial charge in [0.05, 0.1) is 24.9 Å². The van der Waals surface area contributed by atoms with Gasteiger partial charge in [0.1, 0.15) is 11.3 Å². The molecular formula is C24H19N3O3. The van der Waals surface area contributed by atoms with Crippen LogP contribution in [0, 0.1) is 11.3 Å². The second-order valence-corrected chi connectivity index (χ2v) is 6.85. The van der Waals surface area contributed by atoms with Crippen LogP contribution in [-0.2, 0) is 10.3 Å². The fraction of sp³-hybridized carbons (Fsp3) is 0.125. The van der Waals surface area contributed by atoms with Gasteiger partial charge in [-0.05, 0) is 36.8 Å². The van der Waals surface area contributed by atoms with Crippen LogP contribution in [0.3, 0.4) is 0 Å². The Kier molecular flexibility index (Phi) is 4.95. The van der Waals surface area contributed by atoms with Crippen molar-refractivity contribution in [1.29, 1.82) is 5.26 Å². The predicted molar refractivity (Wildman–Crippen MR) is 113 cm³/mol. The summed E-state index contributed by atoms with van der Waals surface area (Å²) in [6.07, 6.45) is 3.16. The smallest absolute Gasteiger partial charge is 0.195 e. The molecule has 0 amide bonds. The third kappa shape index (κ3) is 3.16. The van der Waals surface area contributed by atoms with Crippen molar-refractivity contribution in [3.63, 3.8) is 0 Å². The molecule has 0 saturated carbocycles. The molecular weight excluding hydrogens is 378 g/mol. The third-order valence-corrected chi connectivity index (χ3v) is 5.10. The molecule has 4 aromatic rings. The maximum atomic E-state index is 13.3. The van der Waals surface area contributed by atoms with Crippen molar-refractivity contribution in [1.82, 2.24) is 4.98 Å². The van der Waals surface area contributed by atoms with E-state index < -0.39 is 5.54 Å². The van der Waals surface area contributed by atoms with Crippen LogP contribution in [0.4, 0.5) is 5.88 Å². The van der Waals surface area contributed by atoms with E-state index in [1.807, 2.05) is 30.3 Å². The zero-order chi connectivity index (χ0) is 21.1. The van der Waals surface area contributed by atoms with E-state index in [0.29, 0.717) is 33.9 Å². The van der Waals surface area contributed by atoms with Crippen LogP contribution >= 0.6 is 0 Å². The number of methoxy groups -OCH3 is 1. The number of anilines is 1. The molecule has 1 unspecified atom stereocenters. The van der Waals surface area contributed by atoms with Gasteiger partial charge in [0.15, 0.2) is 17.2 Å². The van der Waals surface area contributed by atoms with Crippen LogP contribution in [0.15, 0.2) is 77.5 Å². The lowest BCUT2D eigenvalue weighted by Crippen LogP contribution is -2.43. The molecule has 30 heavy (non-hydrogen) atoms. The summed E-state index contributed by atoms with van der Waals surface area (Å²) in [6, 6.07) is 20.2. The Balaban J connectivity index is 1.99. The van der Waals surface area contributed by atoms with E-state index in [4.69, 9.17) is 9.15 Å². The second kappa shape index (κ2) is 7.72. The number of para-hydroxylation sites is 1. The molecule has 4 rings (SSSR count). The second-order valence-electron chi connectivity index (χ2n) is 6.85. The van der Waals surface area contributed by atoms with E-state index in [0.717, 1.165) is 5.39 Å². The largest absolute Gasteiger partial charge is 0.495 e. The van der Waals surface area contributed by atoms with Crippen molar-refractivity contribution in [2.24, 2.45) is 0 Å². The number of fused-ring (bicyclic) bond motifs is 1. The van der Waals surface area contributed by atoms with Crippen LogP contribution in [0.1, 0.15) is 23.6 Å². The van der Waals surface area contributed by atoms with Gasteiger partial charge in [-0.25, -0.2) is 0 Å². The number of hydrogen-bond donors (Lipinski definition) is 1. The number of Topliss-reactive ketones (excluding diaryl/α,β-unsaturated/α-hetero) is 1. The summed E-state index contributed by atoms with van der Waals surface area (Å²) in [5.41, 5.74) is 0.958. The van der Waals surface area contributed by atoms with Gasteiger partial charge in [0.2, 0.25) is 0 Å². The SMILES string of the molecule is COc1cnccc1C(Nc1cc2ccccc2o1)(C(C)=O)c1cccc(C#N)c1. The number of carbonyl (C=O) groups excluding carboxylic acids is 1. The molecule has 1 N–H and O–H groups in total. The highest BCUT2D eigenvalue weighted by molar-refractivity contribution is 5.95. The van der Waals surface area contributed by atoms with E-state index in [1.165, 1.54) is 14.0 Å². The Morgan fingerprint density at radius 2 is 2.00 bits per heavy atom. The first kappa shape index (κ1) is 19.2. The highest BCUT2D eigenvalue weighted by Crippen LogP contribution is 2.40. The number of ketones is 1. The van der Waals surface area contributed by atoms with Gasteiger partial charge in [0.25, 0.3) is 0 Å². The Morgan fingerprint density at radius 1 is 1.17 bits per heavy atom. The molecule has 2 aromatic carbocycles. The number of pyridine rings is 1. The molecule has 6 nitrogen and oxygen atoms in total. The Labute approximate surface area is 173 Å². The molecule has 0 spiro atoms. The topological polar surface area (TPSA) is 88.2 Å². The minimum absolute atomic E-state index is 0.192. The zero-order valence-corrected chi connectivity index (χ0v) is 16.5. The standard InChI is InChI=1S/C24H19N3O3/c1-16(28)24(19-8-5-6-17(12-19)14-25,20-10-11-26-15-22(20)29-2)27-23-13-18-7-3-4-9-21(18)30-23/h3-13,15,27H,1-2H3. The van der Waals surface area contributed by atoms with Crippen LogP contribution < -0.4 is 10.1 Å². The molecule has 1 atom stereocenters. The first-order valence-electron chi connectivity index (χ1n) is 9.35. The van der Waals surface area contributed by atoms with E-state index in [-0.39, 0.29) is 5.78 Å². The van der Waals surface area contributed by atoms with Crippen molar-refractivity contribution < 1.29 is 13.9 Å². The van der Waals surface area contributed by atoms with Gasteiger partial charge in [-0.1, -0.05) is 30.3 Å². The quantitative estimate of drug-likeness (QED) is 0.509. The maximum absolute atomic E-state index is 13.3. The molecule has 2 aromatic heterocycles. The number of benzene rings is 2. The van der Waals surface area contributed by atoms with Gasteiger partial charge in [-0.15, -0.1) is 0 Å². The summed E-state index contributed by atoms with van der Waals surface area (Å²) >= 11 is 0. The van der Waals surface area contributed by atoms with Crippen molar-refractivity contribution >= 4 is 22.6 Å². The highest BCUT2D eigenvalue weighted by Gasteiger charge is 2.43. The highest BCUT2D eigenvalue weighted by atomic mass is 16.5. The summed E-state index contributed by atoms with van der Waals surface area (Å²) < 4.78 is 11.5. The van der Waals surface area contributed by atoms with Crippen LogP contribution in [0.5, 0.6) is 5.75 Å². The average Bonchev–Trinajstić information content (AvgIpc) is 3.19. The number of hydrogen-bond acceptors (Lipinski definition) is 6. The number of nitriles is 1. The fourth-order valence-electron chi connectivity index (χ4n) is 3.68. The van der Waals surface area contributed by atoms with Crippen molar-refractivity contribution in [2.75, 3.05) is 12.4 Å². The van der Waals surface area contributed by atoms with Gasteiger partial charge in [0, 0.05) is 23.2 Å². The zero-order valence-electron chi connectivity index (χ0n) is 16.5. The lowest BCUT2D eigenvalue weighted by atomic mass is 9.79. The number of nitrogens with zero attached hydrogens (tertiary/aromatic N) is 2. The van der Waals surface area contributed by atoms with E-state index in [9.17, 15) is 10.1 Å². The number of rotatable bonds is 6. The van der Waals surface area contributed by atoms with E-state index >= 15 is 0 Å². The van der Waals surface area contributed by atoms with Crippen LogP contribution in [0.2, 0.25) is 0 Å². The molecule has 0 aliphatic rings. The van der Waals surface area contributed by atoms with Crippen LogP contribution in [0.25, 0.3) is 11.0 Å². The van der Waals surface area contributed by atoms with Crippen molar-refractivity contribution in [3.05, 3.63) is 89.7 Å². The average molecular weight is 397 g/mol. The lowest BCUT2D eigenvalue weighted by Gasteiger charge is -2.34. The molecule has 6 heteroatoms. The Hall–Kier alpha value is -4.11. The summed E-state index contributed by atoms with van der Waals surface area (Å²) in [4.78, 5) is 17.4. The molecule has 0 bridgehead atoms. The summed E-state index contributed by atoms with van der Waals surface area (Å²) in [5.74, 6) is 0.675. The Morgan fingerprint density at radius 3 is 2.73 bits per heavy atom. The first-order valence-corrected chi connectivity index (χ1v) is 9.35. The van der Waals surface area contributed by atoms with Crippen LogP contribution in [-0.4, -0.2) is 17.9 Å². The molecule has 0 saturated heterocycles. The lowest BCUT2D eigenvalue weighted by molar-refractivity contribution is -0.120.